The summed E-state index contributed by atoms with van der Waals surface area (Å²) in [6, 6.07) is 13.0. The number of sulfonamides is 1. The number of anilines is 1. The van der Waals surface area contributed by atoms with Crippen LogP contribution in [0.5, 0.6) is 0 Å². The lowest BCUT2D eigenvalue weighted by molar-refractivity contribution is 0.601. The summed E-state index contributed by atoms with van der Waals surface area (Å²) in [6.45, 7) is 2.05. The highest BCUT2D eigenvalue weighted by atomic mass is 32.2. The minimum atomic E-state index is -3.61. The molecule has 2 N–H and O–H groups in total. The van der Waals surface area contributed by atoms with Gasteiger partial charge in [-0.3, -0.25) is 4.72 Å². The highest BCUT2D eigenvalue weighted by Gasteiger charge is 2.19. The monoisotopic (exact) mass is 368 g/mol. The zero-order valence-electron chi connectivity index (χ0n) is 15.0. The summed E-state index contributed by atoms with van der Waals surface area (Å²) in [5.41, 5.74) is 5.32. The molecule has 2 aromatic carbocycles. The Hall–Kier alpha value is -2.27. The number of benzene rings is 2. The molecule has 0 aliphatic heterocycles. The van der Waals surface area contributed by atoms with Gasteiger partial charge in [-0.1, -0.05) is 25.5 Å². The Morgan fingerprint density at radius 2 is 1.88 bits per heavy atom. The number of aromatic amines is 1. The molecule has 136 valence electrons. The van der Waals surface area contributed by atoms with E-state index in [-0.39, 0.29) is 0 Å². The Labute approximate surface area is 154 Å². The van der Waals surface area contributed by atoms with Crippen molar-refractivity contribution in [2.45, 2.75) is 50.3 Å². The van der Waals surface area contributed by atoms with Crippen molar-refractivity contribution in [3.63, 3.8) is 0 Å². The minimum Gasteiger partial charge on any atom is -0.358 e. The lowest BCUT2D eigenvalue weighted by atomic mass is 10.1. The van der Waals surface area contributed by atoms with E-state index in [0.29, 0.717) is 10.6 Å². The second-order valence-corrected chi connectivity index (χ2v) is 8.69. The van der Waals surface area contributed by atoms with Gasteiger partial charge in [-0.05, 0) is 73.6 Å². The summed E-state index contributed by atoms with van der Waals surface area (Å²) in [6.07, 6.45) is 6.53. The molecule has 1 heterocycles. The Kier molecular flexibility index (Phi) is 4.49. The number of H-pyrrole nitrogens is 1. The highest BCUT2D eigenvalue weighted by molar-refractivity contribution is 7.92. The van der Waals surface area contributed by atoms with Crippen LogP contribution in [0.4, 0.5) is 5.69 Å². The fourth-order valence-corrected chi connectivity index (χ4v) is 4.87. The van der Waals surface area contributed by atoms with Gasteiger partial charge in [0.2, 0.25) is 0 Å². The van der Waals surface area contributed by atoms with Crippen LogP contribution in [0, 0.1) is 0 Å². The first-order chi connectivity index (χ1) is 12.6. The molecule has 0 bridgehead atoms. The number of aryl methyl sites for hydroxylation is 3. The molecule has 4 nitrogen and oxygen atoms in total. The maximum Gasteiger partial charge on any atom is 0.261 e. The Balaban J connectivity index is 1.71. The molecule has 3 aromatic rings. The Morgan fingerprint density at radius 1 is 1.04 bits per heavy atom. The van der Waals surface area contributed by atoms with Crippen LogP contribution in [0.2, 0.25) is 0 Å². The molecule has 5 heteroatoms. The molecule has 0 saturated heterocycles. The summed E-state index contributed by atoms with van der Waals surface area (Å²) >= 11 is 0. The van der Waals surface area contributed by atoms with Crippen LogP contribution in [0.25, 0.3) is 10.9 Å². The van der Waals surface area contributed by atoms with Gasteiger partial charge in [0, 0.05) is 22.3 Å². The van der Waals surface area contributed by atoms with E-state index in [9.17, 15) is 8.42 Å². The molecule has 26 heavy (non-hydrogen) atoms. The van der Waals surface area contributed by atoms with Gasteiger partial charge in [-0.2, -0.15) is 0 Å². The molecule has 1 aliphatic rings. The van der Waals surface area contributed by atoms with Gasteiger partial charge < -0.3 is 4.98 Å². The number of fused-ring (bicyclic) bond motifs is 3. The van der Waals surface area contributed by atoms with Gasteiger partial charge >= 0.3 is 0 Å². The molecule has 0 radical (unpaired) electrons. The predicted molar refractivity (Wildman–Crippen MR) is 106 cm³/mol. The topological polar surface area (TPSA) is 62.0 Å². The van der Waals surface area contributed by atoms with Gasteiger partial charge in [0.15, 0.2) is 0 Å². The van der Waals surface area contributed by atoms with E-state index < -0.39 is 10.0 Å². The van der Waals surface area contributed by atoms with Gasteiger partial charge in [-0.15, -0.1) is 0 Å². The smallest absolute Gasteiger partial charge is 0.261 e. The Morgan fingerprint density at radius 3 is 2.73 bits per heavy atom. The lowest BCUT2D eigenvalue weighted by Crippen LogP contribution is -2.13. The number of aromatic nitrogens is 1. The van der Waals surface area contributed by atoms with Crippen molar-refractivity contribution in [2.24, 2.45) is 0 Å². The summed E-state index contributed by atoms with van der Waals surface area (Å²) in [5.74, 6) is 0. The summed E-state index contributed by atoms with van der Waals surface area (Å²) in [4.78, 5) is 3.80. The zero-order chi connectivity index (χ0) is 18.1. The summed E-state index contributed by atoms with van der Waals surface area (Å²) in [7, 11) is -3.61. The van der Waals surface area contributed by atoms with E-state index in [2.05, 4.69) is 16.6 Å². The first-order valence-corrected chi connectivity index (χ1v) is 10.8. The zero-order valence-corrected chi connectivity index (χ0v) is 15.8. The summed E-state index contributed by atoms with van der Waals surface area (Å²) < 4.78 is 28.5. The van der Waals surface area contributed by atoms with Crippen LogP contribution in [0.1, 0.15) is 43.0 Å². The van der Waals surface area contributed by atoms with E-state index >= 15 is 0 Å². The van der Waals surface area contributed by atoms with Crippen LogP contribution >= 0.6 is 0 Å². The maximum atomic E-state index is 12.9. The third kappa shape index (κ3) is 3.23. The average Bonchev–Trinajstić information content (AvgIpc) is 2.81. The largest absolute Gasteiger partial charge is 0.358 e. The standard InChI is InChI=1S/C21H24N2O2S/c1-2-15-7-6-8-16(13-15)23-26(24,25)17-11-12-21-19(14-17)18-9-4-3-5-10-20(18)22-21/h6-8,11-14,22-23H,2-5,9-10H2,1H3. The Bertz CT molecular complexity index is 1050. The average molecular weight is 369 g/mol. The van der Waals surface area contributed by atoms with Gasteiger partial charge in [0.25, 0.3) is 10.0 Å². The lowest BCUT2D eigenvalue weighted by Gasteiger charge is -2.10. The number of hydrogen-bond acceptors (Lipinski definition) is 2. The predicted octanol–water partition coefficient (Wildman–Crippen LogP) is 4.80. The van der Waals surface area contributed by atoms with Crippen molar-refractivity contribution in [1.29, 1.82) is 0 Å². The van der Waals surface area contributed by atoms with Crippen LogP contribution in [0.3, 0.4) is 0 Å². The third-order valence-electron chi connectivity index (χ3n) is 5.22. The molecule has 0 spiro atoms. The third-order valence-corrected chi connectivity index (χ3v) is 6.60. The number of rotatable bonds is 4. The van der Waals surface area contributed by atoms with Crippen molar-refractivity contribution in [1.82, 2.24) is 4.98 Å². The molecule has 0 saturated carbocycles. The van der Waals surface area contributed by atoms with Crippen LogP contribution in [-0.4, -0.2) is 13.4 Å². The first kappa shape index (κ1) is 17.2. The van der Waals surface area contributed by atoms with E-state index in [1.165, 1.54) is 30.5 Å². The molecular formula is C21H24N2O2S. The molecule has 0 amide bonds. The highest BCUT2D eigenvalue weighted by Crippen LogP contribution is 2.30. The van der Waals surface area contributed by atoms with Crippen molar-refractivity contribution in [3.8, 4) is 0 Å². The number of nitrogens with one attached hydrogen (secondary N) is 2. The second-order valence-electron chi connectivity index (χ2n) is 7.01. The first-order valence-electron chi connectivity index (χ1n) is 9.32. The molecule has 1 aliphatic carbocycles. The van der Waals surface area contributed by atoms with Crippen LogP contribution in [-0.2, 0) is 29.3 Å². The van der Waals surface area contributed by atoms with Gasteiger partial charge in [0.05, 0.1) is 4.90 Å². The van der Waals surface area contributed by atoms with E-state index in [4.69, 9.17) is 0 Å². The normalized spacial score (nSPS) is 14.8. The van der Waals surface area contributed by atoms with Gasteiger partial charge in [0.1, 0.15) is 0 Å². The van der Waals surface area contributed by atoms with E-state index in [1.807, 2.05) is 30.3 Å². The molecule has 0 unspecified atom stereocenters. The fourth-order valence-electron chi connectivity index (χ4n) is 3.80. The molecule has 1 aromatic heterocycles. The molecule has 0 atom stereocenters. The van der Waals surface area contributed by atoms with Crippen LogP contribution < -0.4 is 4.72 Å². The summed E-state index contributed by atoms with van der Waals surface area (Å²) in [5, 5.41) is 1.05. The SMILES string of the molecule is CCc1cccc(NS(=O)(=O)c2ccc3[nH]c4c(c3c2)CCCCC4)c1. The second kappa shape index (κ2) is 6.80. The molecular weight excluding hydrogens is 344 g/mol. The van der Waals surface area contributed by atoms with Crippen molar-refractivity contribution < 1.29 is 8.42 Å². The number of hydrogen-bond donors (Lipinski definition) is 2. The van der Waals surface area contributed by atoms with Crippen molar-refractivity contribution >= 4 is 26.6 Å². The minimum absolute atomic E-state index is 0.318. The van der Waals surface area contributed by atoms with E-state index in [0.717, 1.165) is 35.7 Å². The van der Waals surface area contributed by atoms with Crippen molar-refractivity contribution in [3.05, 3.63) is 59.3 Å². The maximum absolute atomic E-state index is 12.9. The molecule has 0 fully saturated rings. The van der Waals surface area contributed by atoms with Crippen molar-refractivity contribution in [2.75, 3.05) is 4.72 Å². The fraction of sp³-hybridized carbons (Fsp3) is 0.333. The van der Waals surface area contributed by atoms with Crippen LogP contribution in [0.15, 0.2) is 47.4 Å². The van der Waals surface area contributed by atoms with E-state index in [1.54, 1.807) is 12.1 Å². The molecule has 4 rings (SSSR count). The van der Waals surface area contributed by atoms with Gasteiger partial charge in [-0.25, -0.2) is 8.42 Å². The quantitative estimate of drug-likeness (QED) is 0.650.